The van der Waals surface area contributed by atoms with Crippen molar-refractivity contribution in [1.82, 2.24) is 5.32 Å². The van der Waals surface area contributed by atoms with Crippen LogP contribution in [0.5, 0.6) is 5.75 Å². The van der Waals surface area contributed by atoms with Crippen LogP contribution in [0.25, 0.3) is 0 Å². The van der Waals surface area contributed by atoms with Crippen LogP contribution in [0.3, 0.4) is 0 Å². The third-order valence-corrected chi connectivity index (χ3v) is 4.27. The summed E-state index contributed by atoms with van der Waals surface area (Å²) in [7, 11) is 1.44. The van der Waals surface area contributed by atoms with Crippen LogP contribution in [-0.2, 0) is 11.2 Å². The zero-order valence-corrected chi connectivity index (χ0v) is 12.7. The maximum absolute atomic E-state index is 13.8. The summed E-state index contributed by atoms with van der Waals surface area (Å²) in [4.78, 5) is 11.7. The van der Waals surface area contributed by atoms with Gasteiger partial charge in [-0.1, -0.05) is 13.0 Å². The highest BCUT2D eigenvalue weighted by Crippen LogP contribution is 2.29. The van der Waals surface area contributed by atoms with E-state index in [2.05, 4.69) is 12.2 Å². The maximum atomic E-state index is 13.8. The number of piperidine rings is 1. The average Bonchev–Trinajstić information content (AvgIpc) is 2.37. The van der Waals surface area contributed by atoms with Gasteiger partial charge in [-0.2, -0.15) is 0 Å². The van der Waals surface area contributed by atoms with Gasteiger partial charge in [-0.15, -0.1) is 0 Å². The van der Waals surface area contributed by atoms with Gasteiger partial charge in [-0.3, -0.25) is 4.79 Å². The van der Waals surface area contributed by atoms with Gasteiger partial charge in [0.05, 0.1) is 13.0 Å². The third kappa shape index (κ3) is 3.53. The van der Waals surface area contributed by atoms with Crippen LogP contribution in [0.15, 0.2) is 18.2 Å². The smallest absolute Gasteiger partial charge is 0.222 e. The Morgan fingerprint density at radius 1 is 1.48 bits per heavy atom. The van der Waals surface area contributed by atoms with Crippen LogP contribution in [0.2, 0.25) is 0 Å². The first-order chi connectivity index (χ1) is 9.92. The molecule has 1 aliphatic rings. The van der Waals surface area contributed by atoms with Gasteiger partial charge < -0.3 is 15.8 Å². The minimum atomic E-state index is -0.387. The van der Waals surface area contributed by atoms with E-state index in [-0.39, 0.29) is 35.4 Å². The number of carbonyl (C=O) groups excluding carboxylic acids is 1. The molecule has 4 nitrogen and oxygen atoms in total. The van der Waals surface area contributed by atoms with E-state index in [1.807, 2.05) is 13.0 Å². The third-order valence-electron chi connectivity index (χ3n) is 4.27. The Hall–Kier alpha value is -1.62. The Kier molecular flexibility index (Phi) is 4.83. The largest absolute Gasteiger partial charge is 0.494 e. The first kappa shape index (κ1) is 15.8. The summed E-state index contributed by atoms with van der Waals surface area (Å²) in [6.45, 7) is 4.14. The van der Waals surface area contributed by atoms with Crippen molar-refractivity contribution in [2.24, 2.45) is 17.6 Å². The topological polar surface area (TPSA) is 64.3 Å². The lowest BCUT2D eigenvalue weighted by atomic mass is 9.77. The van der Waals surface area contributed by atoms with Crippen molar-refractivity contribution in [3.63, 3.8) is 0 Å². The standard InChI is InChI=1S/C16H23FN2O2/c1-9-6-10(2)19-13(15(9)16(18)20)8-11-4-5-14(21-3)12(17)7-11/h4-5,7,9-10,13,15,19H,6,8H2,1-3H3,(H2,18,20). The molecule has 21 heavy (non-hydrogen) atoms. The van der Waals surface area contributed by atoms with E-state index in [9.17, 15) is 9.18 Å². The average molecular weight is 294 g/mol. The van der Waals surface area contributed by atoms with Crippen molar-refractivity contribution in [2.75, 3.05) is 7.11 Å². The van der Waals surface area contributed by atoms with Gasteiger partial charge in [0.15, 0.2) is 11.6 Å². The van der Waals surface area contributed by atoms with Crippen LogP contribution in [-0.4, -0.2) is 25.1 Å². The Labute approximate surface area is 124 Å². The molecule has 3 N–H and O–H groups in total. The fraction of sp³-hybridized carbons (Fsp3) is 0.562. The number of hydrogen-bond donors (Lipinski definition) is 2. The molecule has 5 heteroatoms. The van der Waals surface area contributed by atoms with Gasteiger partial charge in [-0.05, 0) is 43.4 Å². The van der Waals surface area contributed by atoms with Gasteiger partial charge in [0, 0.05) is 12.1 Å². The molecule has 2 rings (SSSR count). The van der Waals surface area contributed by atoms with Crippen LogP contribution in [0, 0.1) is 17.7 Å². The number of nitrogens with one attached hydrogen (secondary N) is 1. The second-order valence-electron chi connectivity index (χ2n) is 5.99. The lowest BCUT2D eigenvalue weighted by Crippen LogP contribution is -2.55. The Bertz CT molecular complexity index is 521. The van der Waals surface area contributed by atoms with Crippen molar-refractivity contribution in [2.45, 2.75) is 38.8 Å². The van der Waals surface area contributed by atoms with Gasteiger partial charge in [0.1, 0.15) is 0 Å². The van der Waals surface area contributed by atoms with E-state index in [1.165, 1.54) is 13.2 Å². The van der Waals surface area contributed by atoms with Crippen molar-refractivity contribution in [1.29, 1.82) is 0 Å². The summed E-state index contributed by atoms with van der Waals surface area (Å²) in [5.41, 5.74) is 6.38. The van der Waals surface area contributed by atoms with E-state index in [4.69, 9.17) is 10.5 Å². The Morgan fingerprint density at radius 2 is 2.19 bits per heavy atom. The summed E-state index contributed by atoms with van der Waals surface area (Å²) in [6.07, 6.45) is 1.49. The number of carbonyl (C=O) groups is 1. The molecule has 1 heterocycles. The van der Waals surface area contributed by atoms with Crippen LogP contribution in [0.4, 0.5) is 4.39 Å². The minimum Gasteiger partial charge on any atom is -0.494 e. The van der Waals surface area contributed by atoms with E-state index in [1.54, 1.807) is 6.07 Å². The summed E-state index contributed by atoms with van der Waals surface area (Å²) < 4.78 is 18.7. The van der Waals surface area contributed by atoms with Crippen LogP contribution < -0.4 is 15.8 Å². The molecular weight excluding hydrogens is 271 g/mol. The molecule has 0 aliphatic carbocycles. The predicted octanol–water partition coefficient (Wildman–Crippen LogP) is 1.86. The fourth-order valence-electron chi connectivity index (χ4n) is 3.39. The number of nitrogens with two attached hydrogens (primary N) is 1. The first-order valence-electron chi connectivity index (χ1n) is 7.30. The van der Waals surface area contributed by atoms with Gasteiger partial charge in [0.2, 0.25) is 5.91 Å². The number of benzene rings is 1. The zero-order chi connectivity index (χ0) is 15.6. The van der Waals surface area contributed by atoms with Crippen LogP contribution >= 0.6 is 0 Å². The highest BCUT2D eigenvalue weighted by Gasteiger charge is 2.37. The summed E-state index contributed by atoms with van der Waals surface area (Å²) in [6, 6.07) is 5.16. The number of amides is 1. The predicted molar refractivity (Wildman–Crippen MR) is 79.5 cm³/mol. The fourth-order valence-corrected chi connectivity index (χ4v) is 3.39. The van der Waals surface area contributed by atoms with E-state index in [0.29, 0.717) is 12.5 Å². The Balaban J connectivity index is 2.18. The monoisotopic (exact) mass is 294 g/mol. The van der Waals surface area contributed by atoms with E-state index >= 15 is 0 Å². The van der Waals surface area contributed by atoms with Gasteiger partial charge >= 0.3 is 0 Å². The summed E-state index contributed by atoms with van der Waals surface area (Å²) in [5, 5.41) is 3.42. The van der Waals surface area contributed by atoms with E-state index < -0.39 is 0 Å². The number of halogens is 1. The molecule has 1 aromatic carbocycles. The molecule has 0 bridgehead atoms. The van der Waals surface area contributed by atoms with Gasteiger partial charge in [-0.25, -0.2) is 4.39 Å². The molecule has 4 atom stereocenters. The molecule has 116 valence electrons. The molecule has 0 radical (unpaired) electrons. The summed E-state index contributed by atoms with van der Waals surface area (Å²) >= 11 is 0. The number of rotatable bonds is 4. The Morgan fingerprint density at radius 3 is 2.76 bits per heavy atom. The lowest BCUT2D eigenvalue weighted by molar-refractivity contribution is -0.125. The number of primary amides is 1. The molecule has 1 fully saturated rings. The van der Waals surface area contributed by atoms with Gasteiger partial charge in [0.25, 0.3) is 0 Å². The molecular formula is C16H23FN2O2. The van der Waals surface area contributed by atoms with Crippen LogP contribution in [0.1, 0.15) is 25.8 Å². The SMILES string of the molecule is COc1ccc(CC2NC(C)CC(C)C2C(N)=O)cc1F. The van der Waals surface area contributed by atoms with E-state index in [0.717, 1.165) is 12.0 Å². The number of ether oxygens (including phenoxy) is 1. The maximum Gasteiger partial charge on any atom is 0.222 e. The molecule has 1 aromatic rings. The highest BCUT2D eigenvalue weighted by atomic mass is 19.1. The van der Waals surface area contributed by atoms with Crippen molar-refractivity contribution in [3.8, 4) is 5.75 Å². The molecule has 1 aliphatic heterocycles. The molecule has 1 saturated heterocycles. The van der Waals surface area contributed by atoms with Crippen molar-refractivity contribution >= 4 is 5.91 Å². The first-order valence-corrected chi connectivity index (χ1v) is 7.30. The molecule has 4 unspecified atom stereocenters. The second-order valence-corrected chi connectivity index (χ2v) is 5.99. The quantitative estimate of drug-likeness (QED) is 0.891. The lowest BCUT2D eigenvalue weighted by Gasteiger charge is -2.39. The molecule has 0 saturated carbocycles. The second kappa shape index (κ2) is 6.43. The molecule has 1 amide bonds. The normalized spacial score (nSPS) is 29.1. The zero-order valence-electron chi connectivity index (χ0n) is 12.7. The molecule has 0 spiro atoms. The number of methoxy groups -OCH3 is 1. The highest BCUT2D eigenvalue weighted by molar-refractivity contribution is 5.78. The van der Waals surface area contributed by atoms with Crippen molar-refractivity contribution in [3.05, 3.63) is 29.6 Å². The van der Waals surface area contributed by atoms with Crippen molar-refractivity contribution < 1.29 is 13.9 Å². The summed E-state index contributed by atoms with van der Waals surface area (Å²) in [5.74, 6) is -0.454. The molecule has 0 aromatic heterocycles. The number of hydrogen-bond acceptors (Lipinski definition) is 3. The minimum absolute atomic E-state index is 0.0611.